The lowest BCUT2D eigenvalue weighted by Gasteiger charge is -2.44. The summed E-state index contributed by atoms with van der Waals surface area (Å²) < 4.78 is 53.8. The Bertz CT molecular complexity index is 2240. The Balaban J connectivity index is 1.27. The summed E-state index contributed by atoms with van der Waals surface area (Å²) in [5, 5.41) is 26.6. The average Bonchev–Trinajstić information content (AvgIpc) is 3.41. The fourth-order valence-electron chi connectivity index (χ4n) is 7.13. The highest BCUT2D eigenvalue weighted by Gasteiger charge is 2.67. The second kappa shape index (κ2) is 12.6. The van der Waals surface area contributed by atoms with Crippen LogP contribution in [0.15, 0.2) is 64.4 Å². The highest BCUT2D eigenvalue weighted by molar-refractivity contribution is 6.03. The number of hydrogen-bond donors (Lipinski definition) is 4. The SMILES string of the molecule is CCOC(=O)C1C(c2ccc(N=Cc3c4c(nc5ccccc35)-c3cc5c(c(=O)n3C4)COC(=O)CC5(O)CC)cc2)NC(=O)NC1(O)C(F)(F)F. The first kappa shape index (κ1) is 34.8. The van der Waals surface area contributed by atoms with E-state index in [9.17, 15) is 42.6 Å². The predicted octanol–water partition coefficient (Wildman–Crippen LogP) is 4.00. The van der Waals surface area contributed by atoms with Crippen LogP contribution in [0.3, 0.4) is 0 Å². The molecular weight excluding hydrogens is 687 g/mol. The van der Waals surface area contributed by atoms with Crippen LogP contribution in [0.25, 0.3) is 22.3 Å². The number of carbonyl (C=O) groups excluding carboxylic acids is 3. The van der Waals surface area contributed by atoms with Crippen LogP contribution >= 0.6 is 0 Å². The highest BCUT2D eigenvalue weighted by Crippen LogP contribution is 2.44. The number of aliphatic hydroxyl groups is 2. The smallest absolute Gasteiger partial charge is 0.437 e. The molecule has 0 aliphatic carbocycles. The van der Waals surface area contributed by atoms with Gasteiger partial charge in [0.1, 0.15) is 18.1 Å². The molecule has 0 bridgehead atoms. The minimum Gasteiger partial charge on any atom is -0.466 e. The molecule has 16 heteroatoms. The molecule has 13 nitrogen and oxygen atoms in total. The zero-order valence-electron chi connectivity index (χ0n) is 27.8. The number of ether oxygens (including phenoxy) is 2. The Labute approximate surface area is 293 Å². The summed E-state index contributed by atoms with van der Waals surface area (Å²) in [6.07, 6.45) is -3.96. The second-order valence-electron chi connectivity index (χ2n) is 12.8. The number of carbonyl (C=O) groups is 3. The number of aromatic nitrogens is 2. The van der Waals surface area contributed by atoms with Gasteiger partial charge < -0.3 is 34.9 Å². The van der Waals surface area contributed by atoms with Crippen molar-refractivity contribution in [3.05, 3.63) is 92.8 Å². The van der Waals surface area contributed by atoms with E-state index in [2.05, 4.69) is 10.3 Å². The van der Waals surface area contributed by atoms with E-state index in [1.165, 1.54) is 41.1 Å². The molecule has 3 aliphatic heterocycles. The van der Waals surface area contributed by atoms with Gasteiger partial charge in [-0.05, 0) is 48.7 Å². The summed E-state index contributed by atoms with van der Waals surface area (Å²) in [4.78, 5) is 60.7. The molecule has 7 rings (SSSR count). The summed E-state index contributed by atoms with van der Waals surface area (Å²) in [7, 11) is 0. The maximum atomic E-state index is 14.1. The molecule has 2 amide bonds. The number of cyclic esters (lactones) is 1. The summed E-state index contributed by atoms with van der Waals surface area (Å²) in [5.41, 5.74) is -2.11. The molecular formula is C36H32F3N5O8. The Morgan fingerprint density at radius 2 is 1.85 bits per heavy atom. The summed E-state index contributed by atoms with van der Waals surface area (Å²) >= 11 is 0. The Morgan fingerprint density at radius 1 is 1.12 bits per heavy atom. The van der Waals surface area contributed by atoms with E-state index in [1.54, 1.807) is 25.3 Å². The lowest BCUT2D eigenvalue weighted by molar-refractivity contribution is -0.294. The van der Waals surface area contributed by atoms with Crippen LogP contribution in [0.1, 0.15) is 60.5 Å². The topological polar surface area (TPSA) is 181 Å². The van der Waals surface area contributed by atoms with Crippen molar-refractivity contribution in [3.8, 4) is 11.4 Å². The first-order valence-electron chi connectivity index (χ1n) is 16.4. The lowest BCUT2D eigenvalue weighted by atomic mass is 9.82. The molecule has 1 saturated heterocycles. The molecule has 4 N–H and O–H groups in total. The molecule has 2 aromatic carbocycles. The van der Waals surface area contributed by atoms with Crippen LogP contribution in [0.2, 0.25) is 0 Å². The number of urea groups is 1. The molecule has 0 spiro atoms. The average molecular weight is 720 g/mol. The van der Waals surface area contributed by atoms with E-state index in [-0.39, 0.29) is 43.7 Å². The van der Waals surface area contributed by atoms with Crippen molar-refractivity contribution in [2.45, 2.75) is 63.4 Å². The van der Waals surface area contributed by atoms with Gasteiger partial charge in [0.2, 0.25) is 0 Å². The van der Waals surface area contributed by atoms with Gasteiger partial charge in [0, 0.05) is 22.7 Å². The van der Waals surface area contributed by atoms with E-state index in [1.807, 2.05) is 18.2 Å². The fraction of sp³-hybridized carbons (Fsp3) is 0.333. The normalized spacial score (nSPS) is 24.0. The molecule has 270 valence electrons. The first-order valence-corrected chi connectivity index (χ1v) is 16.4. The molecule has 3 aliphatic rings. The molecule has 4 aromatic rings. The van der Waals surface area contributed by atoms with E-state index in [0.29, 0.717) is 39.3 Å². The summed E-state index contributed by atoms with van der Waals surface area (Å²) in [6.45, 7) is 2.70. The van der Waals surface area contributed by atoms with Gasteiger partial charge in [0.15, 0.2) is 0 Å². The minimum atomic E-state index is -5.41. The minimum absolute atomic E-state index is 0.0806. The number of nitrogens with one attached hydrogen (secondary N) is 2. The van der Waals surface area contributed by atoms with Crippen LogP contribution in [-0.4, -0.2) is 62.5 Å². The summed E-state index contributed by atoms with van der Waals surface area (Å²) in [6, 6.07) is 11.7. The van der Waals surface area contributed by atoms with Gasteiger partial charge in [0.05, 0.1) is 53.8 Å². The fourth-order valence-corrected chi connectivity index (χ4v) is 7.13. The van der Waals surface area contributed by atoms with Crippen molar-refractivity contribution in [1.82, 2.24) is 20.2 Å². The Kier molecular flexibility index (Phi) is 8.41. The zero-order chi connectivity index (χ0) is 37.2. The molecule has 4 unspecified atom stereocenters. The number of nitrogens with zero attached hydrogens (tertiary/aromatic N) is 3. The molecule has 2 aromatic heterocycles. The van der Waals surface area contributed by atoms with Gasteiger partial charge in [-0.3, -0.25) is 19.4 Å². The monoisotopic (exact) mass is 719 g/mol. The second-order valence-corrected chi connectivity index (χ2v) is 12.8. The van der Waals surface area contributed by atoms with Gasteiger partial charge in [-0.1, -0.05) is 37.3 Å². The third-order valence-electron chi connectivity index (χ3n) is 9.84. The Hall–Kier alpha value is -5.61. The largest absolute Gasteiger partial charge is 0.466 e. The van der Waals surface area contributed by atoms with E-state index in [0.717, 1.165) is 5.39 Å². The van der Waals surface area contributed by atoms with Crippen LogP contribution in [0.4, 0.5) is 23.7 Å². The standard InChI is InChI=1S/C36H32F3N5O8/c1-3-34(49)14-27(45)52-17-23-24(34)13-26-30-22(16-44(26)31(23)46)21(20-7-5-6-8-25(20)41-30)15-40-19-11-9-18(10-12-19)29-28(32(47)51-4-2)35(50,36(37,38)39)43-33(48)42-29/h5-13,15,28-29,49-50H,3-4,14,16-17H2,1-2H3,(H2,42,43,48). The van der Waals surface area contributed by atoms with Gasteiger partial charge in [-0.2, -0.15) is 13.2 Å². The predicted molar refractivity (Wildman–Crippen MR) is 178 cm³/mol. The number of amides is 2. The molecule has 5 heterocycles. The van der Waals surface area contributed by atoms with Crippen molar-refractivity contribution in [2.24, 2.45) is 10.9 Å². The first-order chi connectivity index (χ1) is 24.7. The number of rotatable bonds is 6. The number of benzene rings is 2. The third kappa shape index (κ3) is 5.58. The number of esters is 2. The maximum Gasteiger partial charge on any atom is 0.437 e. The number of alkyl halides is 3. The quantitative estimate of drug-likeness (QED) is 0.149. The number of para-hydroxylation sites is 1. The number of fused-ring (bicyclic) bond motifs is 5. The van der Waals surface area contributed by atoms with Crippen LogP contribution in [0.5, 0.6) is 0 Å². The molecule has 0 saturated carbocycles. The van der Waals surface area contributed by atoms with Gasteiger partial charge in [-0.25, -0.2) is 9.78 Å². The van der Waals surface area contributed by atoms with Crippen LogP contribution in [-0.2, 0) is 37.8 Å². The van der Waals surface area contributed by atoms with E-state index < -0.39 is 53.0 Å². The Morgan fingerprint density at radius 3 is 2.54 bits per heavy atom. The van der Waals surface area contributed by atoms with Crippen molar-refractivity contribution in [3.63, 3.8) is 0 Å². The number of pyridine rings is 2. The van der Waals surface area contributed by atoms with Crippen molar-refractivity contribution in [1.29, 1.82) is 0 Å². The van der Waals surface area contributed by atoms with Crippen molar-refractivity contribution >= 4 is 40.8 Å². The molecule has 52 heavy (non-hydrogen) atoms. The van der Waals surface area contributed by atoms with E-state index in [4.69, 9.17) is 14.5 Å². The zero-order valence-corrected chi connectivity index (χ0v) is 27.8. The summed E-state index contributed by atoms with van der Waals surface area (Å²) in [5.74, 6) is -4.24. The molecule has 4 atom stereocenters. The van der Waals surface area contributed by atoms with Gasteiger partial charge >= 0.3 is 24.1 Å². The lowest BCUT2D eigenvalue weighted by Crippen LogP contribution is -2.73. The number of hydrogen-bond acceptors (Lipinski definition) is 10. The maximum absolute atomic E-state index is 14.1. The highest BCUT2D eigenvalue weighted by atomic mass is 19.4. The number of halogens is 3. The van der Waals surface area contributed by atoms with Crippen LogP contribution < -0.4 is 16.2 Å². The number of aliphatic imine (C=N–C) groups is 1. The van der Waals surface area contributed by atoms with Gasteiger partial charge in [-0.15, -0.1) is 0 Å². The third-order valence-corrected chi connectivity index (χ3v) is 9.84. The van der Waals surface area contributed by atoms with E-state index >= 15 is 0 Å². The van der Waals surface area contributed by atoms with Gasteiger partial charge in [0.25, 0.3) is 11.3 Å². The van der Waals surface area contributed by atoms with Crippen molar-refractivity contribution < 1.29 is 47.2 Å². The van der Waals surface area contributed by atoms with Crippen molar-refractivity contribution in [2.75, 3.05) is 6.61 Å². The molecule has 1 fully saturated rings. The molecule has 0 radical (unpaired) electrons. The van der Waals surface area contributed by atoms with Crippen LogP contribution in [0, 0.1) is 5.92 Å².